The molecule has 0 aliphatic heterocycles. The zero-order valence-electron chi connectivity index (χ0n) is 12.7. The molecule has 0 heterocycles. The minimum absolute atomic E-state index is 0.0566. The van der Waals surface area contributed by atoms with Crippen LogP contribution < -0.4 is 14.8 Å². The van der Waals surface area contributed by atoms with E-state index in [9.17, 15) is 8.42 Å². The maximum absolute atomic E-state index is 12.5. The summed E-state index contributed by atoms with van der Waals surface area (Å²) in [5, 5.41) is 3.21. The van der Waals surface area contributed by atoms with Crippen molar-refractivity contribution in [1.82, 2.24) is 10.0 Å². The summed E-state index contributed by atoms with van der Waals surface area (Å²) in [6.45, 7) is 3.59. The van der Waals surface area contributed by atoms with Gasteiger partial charge in [-0.15, -0.1) is 0 Å². The first-order valence-corrected chi connectivity index (χ1v) is 8.95. The third-order valence-electron chi connectivity index (χ3n) is 3.77. The fourth-order valence-corrected chi connectivity index (χ4v) is 4.10. The van der Waals surface area contributed by atoms with E-state index >= 15 is 0 Å². The van der Waals surface area contributed by atoms with E-state index in [1.807, 2.05) is 13.0 Å². The highest BCUT2D eigenvalue weighted by Crippen LogP contribution is 2.27. The molecule has 2 rings (SSSR count). The van der Waals surface area contributed by atoms with Crippen molar-refractivity contribution in [3.05, 3.63) is 23.8 Å². The van der Waals surface area contributed by atoms with Gasteiger partial charge in [-0.25, -0.2) is 13.1 Å². The second-order valence-electron chi connectivity index (χ2n) is 5.37. The quantitative estimate of drug-likeness (QED) is 0.808. The molecule has 0 atom stereocenters. The van der Waals surface area contributed by atoms with Gasteiger partial charge >= 0.3 is 0 Å². The summed E-state index contributed by atoms with van der Waals surface area (Å²) in [5.74, 6) is 0.399. The van der Waals surface area contributed by atoms with Gasteiger partial charge in [-0.05, 0) is 37.1 Å². The predicted octanol–water partition coefficient (Wildman–Crippen LogP) is 2.03. The molecule has 21 heavy (non-hydrogen) atoms. The summed E-state index contributed by atoms with van der Waals surface area (Å²) in [6.07, 6.45) is 4.01. The molecule has 0 radical (unpaired) electrons. The largest absolute Gasteiger partial charge is 0.495 e. The van der Waals surface area contributed by atoms with Gasteiger partial charge in [-0.3, -0.25) is 0 Å². The number of hydrogen-bond acceptors (Lipinski definition) is 4. The Morgan fingerprint density at radius 3 is 2.62 bits per heavy atom. The predicted molar refractivity (Wildman–Crippen MR) is 83.0 cm³/mol. The summed E-state index contributed by atoms with van der Waals surface area (Å²) in [5.41, 5.74) is 1.01. The lowest BCUT2D eigenvalue weighted by Gasteiger charge is -2.15. The van der Waals surface area contributed by atoms with Crippen LogP contribution in [0, 0.1) is 0 Å². The number of benzene rings is 1. The Labute approximate surface area is 127 Å². The maximum atomic E-state index is 12.5. The molecule has 118 valence electrons. The number of ether oxygens (including phenoxy) is 1. The second kappa shape index (κ2) is 7.24. The minimum atomic E-state index is -3.52. The zero-order chi connectivity index (χ0) is 15.3. The van der Waals surface area contributed by atoms with Crippen LogP contribution >= 0.6 is 0 Å². The Morgan fingerprint density at radius 1 is 1.29 bits per heavy atom. The second-order valence-corrected chi connectivity index (χ2v) is 7.05. The SMILES string of the molecule is CCNCc1ccc(S(=O)(=O)NC2CCCC2)c(OC)c1. The van der Waals surface area contributed by atoms with E-state index in [1.54, 1.807) is 12.1 Å². The van der Waals surface area contributed by atoms with Gasteiger partial charge in [-0.1, -0.05) is 25.8 Å². The van der Waals surface area contributed by atoms with Crippen LogP contribution in [0.5, 0.6) is 5.75 Å². The van der Waals surface area contributed by atoms with Crippen molar-refractivity contribution < 1.29 is 13.2 Å². The number of nitrogens with one attached hydrogen (secondary N) is 2. The molecule has 0 aromatic heterocycles. The first kappa shape index (κ1) is 16.3. The van der Waals surface area contributed by atoms with Crippen LogP contribution in [0.25, 0.3) is 0 Å². The Balaban J connectivity index is 2.20. The summed E-state index contributed by atoms with van der Waals surface area (Å²) >= 11 is 0. The molecule has 1 aromatic rings. The van der Waals surface area contributed by atoms with Crippen LogP contribution in [0.2, 0.25) is 0 Å². The van der Waals surface area contributed by atoms with Gasteiger partial charge in [0.2, 0.25) is 10.0 Å². The van der Waals surface area contributed by atoms with Gasteiger partial charge in [0.1, 0.15) is 10.6 Å². The molecule has 2 N–H and O–H groups in total. The monoisotopic (exact) mass is 312 g/mol. The van der Waals surface area contributed by atoms with Crippen LogP contribution in [0.15, 0.2) is 23.1 Å². The molecule has 0 bridgehead atoms. The van der Waals surface area contributed by atoms with Gasteiger partial charge in [0, 0.05) is 12.6 Å². The molecule has 1 fully saturated rings. The smallest absolute Gasteiger partial charge is 0.244 e. The first-order chi connectivity index (χ1) is 10.1. The van der Waals surface area contributed by atoms with E-state index in [2.05, 4.69) is 10.0 Å². The molecule has 1 aromatic carbocycles. The molecular weight excluding hydrogens is 288 g/mol. The van der Waals surface area contributed by atoms with Gasteiger partial charge < -0.3 is 10.1 Å². The van der Waals surface area contributed by atoms with E-state index in [4.69, 9.17) is 4.74 Å². The van der Waals surface area contributed by atoms with Crippen molar-refractivity contribution in [2.75, 3.05) is 13.7 Å². The minimum Gasteiger partial charge on any atom is -0.495 e. The van der Waals surface area contributed by atoms with Gasteiger partial charge in [-0.2, -0.15) is 0 Å². The van der Waals surface area contributed by atoms with E-state index < -0.39 is 10.0 Å². The van der Waals surface area contributed by atoms with E-state index in [-0.39, 0.29) is 10.9 Å². The number of rotatable bonds is 7. The highest BCUT2D eigenvalue weighted by molar-refractivity contribution is 7.89. The van der Waals surface area contributed by atoms with Crippen LogP contribution in [-0.2, 0) is 16.6 Å². The van der Waals surface area contributed by atoms with Crippen molar-refractivity contribution in [2.24, 2.45) is 0 Å². The topological polar surface area (TPSA) is 67.4 Å². The first-order valence-electron chi connectivity index (χ1n) is 7.46. The number of sulfonamides is 1. The lowest BCUT2D eigenvalue weighted by Crippen LogP contribution is -2.32. The summed E-state index contributed by atoms with van der Waals surface area (Å²) in [4.78, 5) is 0.220. The van der Waals surface area contributed by atoms with Crippen LogP contribution in [-0.4, -0.2) is 28.1 Å². The number of hydrogen-bond donors (Lipinski definition) is 2. The molecule has 5 nitrogen and oxygen atoms in total. The standard InChI is InChI=1S/C15H24N2O3S/c1-3-16-11-12-8-9-15(14(10-12)20-2)21(18,19)17-13-6-4-5-7-13/h8-10,13,16-17H,3-7,11H2,1-2H3. The average Bonchev–Trinajstić information content (AvgIpc) is 2.96. The van der Waals surface area contributed by atoms with E-state index in [1.165, 1.54) is 7.11 Å². The fraction of sp³-hybridized carbons (Fsp3) is 0.600. The molecular formula is C15H24N2O3S. The third kappa shape index (κ3) is 4.18. The van der Waals surface area contributed by atoms with Crippen LogP contribution in [0.3, 0.4) is 0 Å². The molecule has 1 aliphatic carbocycles. The van der Waals surface area contributed by atoms with Crippen LogP contribution in [0.1, 0.15) is 38.2 Å². The average molecular weight is 312 g/mol. The van der Waals surface area contributed by atoms with Crippen molar-refractivity contribution in [3.63, 3.8) is 0 Å². The molecule has 0 unspecified atom stereocenters. The normalized spacial score (nSPS) is 16.3. The van der Waals surface area contributed by atoms with E-state index in [0.717, 1.165) is 37.8 Å². The summed E-state index contributed by atoms with van der Waals surface area (Å²) < 4.78 is 33.0. The molecule has 6 heteroatoms. The van der Waals surface area contributed by atoms with Crippen molar-refractivity contribution >= 4 is 10.0 Å². The lowest BCUT2D eigenvalue weighted by atomic mass is 10.2. The Hall–Kier alpha value is -1.11. The number of methoxy groups -OCH3 is 1. The Bertz CT molecular complexity index is 566. The highest BCUT2D eigenvalue weighted by atomic mass is 32.2. The molecule has 0 saturated heterocycles. The van der Waals surface area contributed by atoms with Crippen molar-refractivity contribution in [1.29, 1.82) is 0 Å². The van der Waals surface area contributed by atoms with Gasteiger partial charge in [0.25, 0.3) is 0 Å². The summed E-state index contributed by atoms with van der Waals surface area (Å²) in [6, 6.07) is 5.30. The zero-order valence-corrected chi connectivity index (χ0v) is 13.5. The molecule has 1 saturated carbocycles. The maximum Gasteiger partial charge on any atom is 0.244 e. The Morgan fingerprint density at radius 2 is 2.00 bits per heavy atom. The molecule has 1 aliphatic rings. The van der Waals surface area contributed by atoms with Crippen molar-refractivity contribution in [3.8, 4) is 5.75 Å². The molecule has 0 spiro atoms. The third-order valence-corrected chi connectivity index (χ3v) is 5.33. The Kier molecular flexibility index (Phi) is 5.61. The van der Waals surface area contributed by atoms with Crippen LogP contribution in [0.4, 0.5) is 0 Å². The van der Waals surface area contributed by atoms with E-state index in [0.29, 0.717) is 12.3 Å². The lowest BCUT2D eigenvalue weighted by molar-refractivity contribution is 0.401. The van der Waals surface area contributed by atoms with Gasteiger partial charge in [0.15, 0.2) is 0 Å². The van der Waals surface area contributed by atoms with Gasteiger partial charge in [0.05, 0.1) is 7.11 Å². The fourth-order valence-electron chi connectivity index (χ4n) is 2.64. The highest BCUT2D eigenvalue weighted by Gasteiger charge is 2.25. The summed E-state index contributed by atoms with van der Waals surface area (Å²) in [7, 11) is -2.02. The van der Waals surface area contributed by atoms with Crippen molar-refractivity contribution in [2.45, 2.75) is 50.1 Å². The molecule has 0 amide bonds.